The van der Waals surface area contributed by atoms with Gasteiger partial charge in [0.25, 0.3) is 6.10 Å². The molecule has 3 N–H and O–H groups in total. The summed E-state index contributed by atoms with van der Waals surface area (Å²) in [6.45, 7) is 5.88. The third kappa shape index (κ3) is 7.32. The molecule has 0 saturated heterocycles. The van der Waals surface area contributed by atoms with Crippen LogP contribution in [0.2, 0.25) is 0 Å². The van der Waals surface area contributed by atoms with Crippen LogP contribution in [0.25, 0.3) is 0 Å². The number of hydrogen-bond donors (Lipinski definition) is 3. The third-order valence-corrected chi connectivity index (χ3v) is 13.2. The Labute approximate surface area is 271 Å². The highest BCUT2D eigenvalue weighted by Gasteiger charge is 2.66. The first kappa shape index (κ1) is 38.2. The van der Waals surface area contributed by atoms with E-state index in [-0.39, 0.29) is 53.4 Å². The van der Waals surface area contributed by atoms with Crippen LogP contribution in [0.15, 0.2) is 0 Å². The van der Waals surface area contributed by atoms with Crippen molar-refractivity contribution in [3.63, 3.8) is 0 Å². The Morgan fingerprint density at radius 2 is 1.62 bits per heavy atom. The average Bonchev–Trinajstić information content (AvgIpc) is 3.31. The second-order valence-electron chi connectivity index (χ2n) is 14.8. The van der Waals surface area contributed by atoms with Crippen molar-refractivity contribution in [2.45, 2.75) is 127 Å². The number of carbonyl (C=O) groups excluding carboxylic acids is 2. The molecule has 0 aliphatic heterocycles. The summed E-state index contributed by atoms with van der Waals surface area (Å²) in [5.74, 6) is -1.97. The van der Waals surface area contributed by atoms with E-state index in [1.165, 1.54) is 0 Å². The number of halogens is 5. The second kappa shape index (κ2) is 13.6. The number of aliphatic hydroxyl groups is 3. The lowest BCUT2D eigenvalue weighted by molar-refractivity contribution is -0.259. The molecule has 4 aliphatic carbocycles. The first-order chi connectivity index (χ1) is 21.5. The number of esters is 2. The van der Waals surface area contributed by atoms with Crippen LogP contribution in [0.1, 0.15) is 91.4 Å². The molecule has 4 aliphatic rings. The lowest BCUT2D eigenvalue weighted by atomic mass is 9.43. The predicted octanol–water partition coefficient (Wildman–Crippen LogP) is 4.30. The van der Waals surface area contributed by atoms with Crippen molar-refractivity contribution in [3.8, 4) is 0 Å². The summed E-state index contributed by atoms with van der Waals surface area (Å²) in [5, 5.41) is 27.4. The maximum absolute atomic E-state index is 13.5. The largest absolute Gasteiger partial charge is 0.743 e. The number of alkyl halides is 5. The van der Waals surface area contributed by atoms with Gasteiger partial charge >= 0.3 is 23.4 Å². The lowest BCUT2D eigenvalue weighted by Gasteiger charge is -2.63. The smallest absolute Gasteiger partial charge is 0.432 e. The number of hydrogen-bond acceptors (Lipinski definition) is 10. The van der Waals surface area contributed by atoms with Gasteiger partial charge in [0.2, 0.25) is 0 Å². The van der Waals surface area contributed by atoms with E-state index in [1.807, 2.05) is 6.92 Å². The molecule has 16 heteroatoms. The summed E-state index contributed by atoms with van der Waals surface area (Å²) in [7, 11) is -6.80. The van der Waals surface area contributed by atoms with Gasteiger partial charge in [0, 0.05) is 12.8 Å². The van der Waals surface area contributed by atoms with Gasteiger partial charge in [-0.25, -0.2) is 8.42 Å². The van der Waals surface area contributed by atoms with Crippen LogP contribution in [-0.2, 0) is 29.2 Å². The van der Waals surface area contributed by atoms with Crippen LogP contribution >= 0.6 is 0 Å². The molecule has 0 spiro atoms. The fourth-order valence-corrected chi connectivity index (χ4v) is 10.2. The summed E-state index contributed by atoms with van der Waals surface area (Å²) >= 11 is 0. The fourth-order valence-electron chi connectivity index (χ4n) is 9.80. The van der Waals surface area contributed by atoms with Crippen molar-refractivity contribution in [1.82, 2.24) is 0 Å². The molecule has 47 heavy (non-hydrogen) atoms. The van der Waals surface area contributed by atoms with Gasteiger partial charge in [0.15, 0.2) is 10.1 Å². The monoisotopic (exact) mass is 705 g/mol. The van der Waals surface area contributed by atoms with Crippen LogP contribution in [0, 0.1) is 46.3 Å². The summed E-state index contributed by atoms with van der Waals surface area (Å²) in [5.41, 5.74) is -0.530. The minimum Gasteiger partial charge on any atom is -0.743 e. The molecule has 0 radical (unpaired) electrons. The molecule has 4 saturated carbocycles. The normalized spacial score (nSPS) is 38.8. The maximum Gasteiger partial charge on any atom is 0.432 e. The van der Waals surface area contributed by atoms with E-state index in [0.717, 1.165) is 25.7 Å². The molecule has 12 atom stereocenters. The Hall–Kier alpha value is -1.62. The molecule has 10 nitrogen and oxygen atoms in total. The maximum atomic E-state index is 13.5. The van der Waals surface area contributed by atoms with Gasteiger partial charge < -0.3 is 29.3 Å². The Balaban J connectivity index is 1.27. The minimum atomic E-state index is -6.80. The van der Waals surface area contributed by atoms with Gasteiger partial charge in [-0.05, 0) is 104 Å². The van der Waals surface area contributed by atoms with Crippen LogP contribution < -0.4 is 0 Å². The SMILES string of the molecule is C[C@H](CCC(=O)OCCCC(=O)OC(C(F)(F)F)C(F)(F)S(=O)(=O)[O-])[C@H]1CC[C@H]2[C@@H]3C(O)C[C@@H]4CC(O)CC[C@]4(C)[C@H]3CC(O)[C@]12C. The van der Waals surface area contributed by atoms with Gasteiger partial charge in [-0.1, -0.05) is 20.8 Å². The molecule has 4 rings (SSSR count). The Bertz CT molecular complexity index is 1260. The van der Waals surface area contributed by atoms with Crippen molar-refractivity contribution < 1.29 is 69.3 Å². The molecule has 0 aromatic carbocycles. The minimum absolute atomic E-state index is 0.00844. The molecule has 272 valence electrons. The summed E-state index contributed by atoms with van der Waals surface area (Å²) in [4.78, 5) is 24.1. The highest BCUT2D eigenvalue weighted by Crippen LogP contribution is 2.68. The molecular weight excluding hydrogens is 659 g/mol. The molecule has 0 amide bonds. The summed E-state index contributed by atoms with van der Waals surface area (Å²) < 4.78 is 106. The Morgan fingerprint density at radius 1 is 0.957 bits per heavy atom. The number of fused-ring (bicyclic) bond motifs is 5. The quantitative estimate of drug-likeness (QED) is 0.122. The standard InChI is InChI=1S/C31H47F5O10S/c1-16(6-9-24(40)45-12-4-5-25(41)46-27(30(32,33)34)31(35,36)47(42,43)44)19-7-8-20-26-21(15-23(39)29(19,20)3)28(2)11-10-18(37)13-17(28)14-22(26)38/h16-23,26-27,37-39H,4-15H2,1-3H3,(H,42,43,44)/p-1/t16-,17+,18?,19-,20+,21+,22?,23?,26+,27?,28+,29-/m1/s1. The topological polar surface area (TPSA) is 170 Å². The van der Waals surface area contributed by atoms with Crippen LogP contribution in [0.4, 0.5) is 22.0 Å². The lowest BCUT2D eigenvalue weighted by Crippen LogP contribution is -2.62. The number of ether oxygens (including phenoxy) is 2. The first-order valence-electron chi connectivity index (χ1n) is 16.3. The zero-order valence-electron chi connectivity index (χ0n) is 26.8. The van der Waals surface area contributed by atoms with Gasteiger partial charge in [-0.15, -0.1) is 0 Å². The number of carbonyl (C=O) groups is 2. The van der Waals surface area contributed by atoms with Crippen molar-refractivity contribution in [2.24, 2.45) is 46.3 Å². The van der Waals surface area contributed by atoms with E-state index < -0.39 is 76.7 Å². The number of aliphatic hydroxyl groups excluding tert-OH is 3. The first-order valence-corrected chi connectivity index (χ1v) is 17.7. The van der Waals surface area contributed by atoms with Gasteiger partial charge in [0.05, 0.1) is 24.9 Å². The molecule has 4 fully saturated rings. The predicted molar refractivity (Wildman–Crippen MR) is 153 cm³/mol. The highest BCUT2D eigenvalue weighted by molar-refractivity contribution is 7.86. The van der Waals surface area contributed by atoms with E-state index in [1.54, 1.807) is 0 Å². The van der Waals surface area contributed by atoms with Gasteiger partial charge in [-0.3, -0.25) is 9.59 Å². The zero-order chi connectivity index (χ0) is 35.3. The van der Waals surface area contributed by atoms with Crippen LogP contribution in [0.3, 0.4) is 0 Å². The van der Waals surface area contributed by atoms with Crippen LogP contribution in [0.5, 0.6) is 0 Å². The van der Waals surface area contributed by atoms with Crippen molar-refractivity contribution in [3.05, 3.63) is 0 Å². The fraction of sp³-hybridized carbons (Fsp3) is 0.935. The Morgan fingerprint density at radius 3 is 2.23 bits per heavy atom. The molecule has 0 aromatic rings. The molecular formula is C31H46F5O10S-. The van der Waals surface area contributed by atoms with E-state index >= 15 is 0 Å². The van der Waals surface area contributed by atoms with Crippen molar-refractivity contribution in [2.75, 3.05) is 6.61 Å². The second-order valence-corrected chi connectivity index (χ2v) is 16.2. The molecule has 4 unspecified atom stereocenters. The number of rotatable bonds is 11. The molecule has 0 heterocycles. The van der Waals surface area contributed by atoms with Crippen molar-refractivity contribution in [1.29, 1.82) is 0 Å². The zero-order valence-corrected chi connectivity index (χ0v) is 27.6. The van der Waals surface area contributed by atoms with E-state index in [2.05, 4.69) is 18.6 Å². The summed E-state index contributed by atoms with van der Waals surface area (Å²) in [6, 6.07) is 0. The Kier molecular flexibility index (Phi) is 11.0. The van der Waals surface area contributed by atoms with E-state index in [0.29, 0.717) is 25.7 Å². The van der Waals surface area contributed by atoms with Gasteiger partial charge in [-0.2, -0.15) is 22.0 Å². The molecule has 0 aromatic heterocycles. The average molecular weight is 706 g/mol. The van der Waals surface area contributed by atoms with Crippen molar-refractivity contribution >= 4 is 22.1 Å². The van der Waals surface area contributed by atoms with E-state index in [9.17, 15) is 59.8 Å². The molecule has 0 bridgehead atoms. The van der Waals surface area contributed by atoms with E-state index in [4.69, 9.17) is 4.74 Å². The van der Waals surface area contributed by atoms with Crippen LogP contribution in [-0.4, -0.2) is 82.7 Å². The van der Waals surface area contributed by atoms with Gasteiger partial charge in [0.1, 0.15) is 0 Å². The highest BCUT2D eigenvalue weighted by atomic mass is 32.2. The summed E-state index contributed by atoms with van der Waals surface area (Å²) in [6.07, 6.45) is -7.83. The third-order valence-electron chi connectivity index (χ3n) is 12.3.